The van der Waals surface area contributed by atoms with Crippen molar-refractivity contribution in [3.63, 3.8) is 0 Å². The number of benzene rings is 1. The maximum atomic E-state index is 4.55. The van der Waals surface area contributed by atoms with Crippen LogP contribution in [0.3, 0.4) is 0 Å². The fourth-order valence-electron chi connectivity index (χ4n) is 3.25. The molecule has 0 unspecified atom stereocenters. The monoisotopic (exact) mass is 456 g/mol. The summed E-state index contributed by atoms with van der Waals surface area (Å²) in [5.41, 5.74) is 6.44. The first kappa shape index (κ1) is 28.3. The molecular weight excluding hydrogens is 408 g/mol. The van der Waals surface area contributed by atoms with E-state index in [1.165, 1.54) is 44.3 Å². The predicted molar refractivity (Wildman–Crippen MR) is 149 cm³/mol. The van der Waals surface area contributed by atoms with Crippen LogP contribution in [0.15, 0.2) is 37.2 Å². The van der Waals surface area contributed by atoms with Crippen molar-refractivity contribution in [3.05, 3.63) is 60.0 Å². The summed E-state index contributed by atoms with van der Waals surface area (Å²) in [5.74, 6) is 0.926. The normalized spacial score (nSPS) is 13.1. The van der Waals surface area contributed by atoms with Crippen molar-refractivity contribution in [2.45, 2.75) is 59.8 Å². The molecule has 1 aromatic carbocycles. The molecule has 1 aliphatic heterocycles. The summed E-state index contributed by atoms with van der Waals surface area (Å²) < 4.78 is 0. The van der Waals surface area contributed by atoms with Gasteiger partial charge in [-0.25, -0.2) is 9.97 Å². The quantitative estimate of drug-likeness (QED) is 0.343. The van der Waals surface area contributed by atoms with Gasteiger partial charge in [-0.1, -0.05) is 38.8 Å². The molecule has 1 saturated heterocycles. The second-order valence-corrected chi connectivity index (χ2v) is 8.16. The number of aryl methyl sites for hydroxylation is 1. The molecule has 1 fully saturated rings. The largest absolute Gasteiger partial charge is 0.345 e. The minimum Gasteiger partial charge on any atom is -0.345 e. The van der Waals surface area contributed by atoms with Gasteiger partial charge in [-0.2, -0.15) is 0 Å². The Morgan fingerprint density at radius 3 is 2.39 bits per heavy atom. The second-order valence-electron chi connectivity index (χ2n) is 8.16. The molecule has 0 spiro atoms. The molecule has 0 amide bonds. The van der Waals surface area contributed by atoms with E-state index in [0.717, 1.165) is 40.2 Å². The molecule has 1 aliphatic rings. The number of rotatable bonds is 4. The smallest absolute Gasteiger partial charge is 0.103 e. The zero-order chi connectivity index (χ0) is 24.5. The van der Waals surface area contributed by atoms with Crippen LogP contribution in [0.2, 0.25) is 0 Å². The van der Waals surface area contributed by atoms with Crippen LogP contribution in [0, 0.1) is 6.92 Å². The molecule has 2 aromatic heterocycles. The Kier molecular flexibility index (Phi) is 14.5. The van der Waals surface area contributed by atoms with E-state index in [1.54, 1.807) is 6.33 Å². The number of aromatic amines is 2. The highest BCUT2D eigenvalue weighted by atomic mass is 14.9. The fourth-order valence-corrected chi connectivity index (χ4v) is 3.25. The molecule has 0 radical (unpaired) electrons. The highest BCUT2D eigenvalue weighted by Crippen LogP contribution is 2.22. The van der Waals surface area contributed by atoms with E-state index in [0.29, 0.717) is 0 Å². The highest BCUT2D eigenvalue weighted by molar-refractivity contribution is 5.85. The van der Waals surface area contributed by atoms with Crippen molar-refractivity contribution in [1.82, 2.24) is 30.6 Å². The Morgan fingerprint density at radius 1 is 1.18 bits per heavy atom. The molecule has 33 heavy (non-hydrogen) atoms. The van der Waals surface area contributed by atoms with Crippen LogP contribution >= 0.6 is 0 Å². The van der Waals surface area contributed by atoms with Gasteiger partial charge in [-0.3, -0.25) is 0 Å². The van der Waals surface area contributed by atoms with Gasteiger partial charge in [0, 0.05) is 15.0 Å². The molecule has 0 atom stereocenters. The first-order valence-corrected chi connectivity index (χ1v) is 12.1. The van der Waals surface area contributed by atoms with Crippen LogP contribution in [0.4, 0.5) is 0 Å². The summed E-state index contributed by atoms with van der Waals surface area (Å²) >= 11 is 0. The van der Waals surface area contributed by atoms with E-state index in [1.807, 2.05) is 33.2 Å². The van der Waals surface area contributed by atoms with E-state index in [-0.39, 0.29) is 2.85 Å². The van der Waals surface area contributed by atoms with E-state index in [2.05, 4.69) is 76.1 Å². The zero-order valence-corrected chi connectivity index (χ0v) is 21.5. The maximum absolute atomic E-state index is 4.55. The Balaban J connectivity index is 0. The van der Waals surface area contributed by atoms with Crippen LogP contribution in [0.1, 0.15) is 72.1 Å². The van der Waals surface area contributed by atoms with E-state index >= 15 is 0 Å². The Labute approximate surface area is 203 Å². The molecule has 4 rings (SSSR count). The zero-order valence-electron chi connectivity index (χ0n) is 21.5. The third-order valence-corrected chi connectivity index (χ3v) is 4.71. The minimum atomic E-state index is 0. The van der Waals surface area contributed by atoms with Crippen LogP contribution < -0.4 is 10.6 Å². The Bertz CT molecular complexity index is 944. The minimum absolute atomic E-state index is 0. The van der Waals surface area contributed by atoms with Gasteiger partial charge in [0.05, 0.1) is 23.1 Å². The molecule has 0 bridgehead atoms. The van der Waals surface area contributed by atoms with Gasteiger partial charge in [0.25, 0.3) is 0 Å². The fraction of sp³-hybridized carbons (Fsp3) is 0.481. The third-order valence-electron chi connectivity index (χ3n) is 4.71. The van der Waals surface area contributed by atoms with Crippen molar-refractivity contribution in [2.75, 3.05) is 27.2 Å². The summed E-state index contributed by atoms with van der Waals surface area (Å²) in [6.07, 6.45) is 12.0. The molecule has 6 nitrogen and oxygen atoms in total. The molecule has 186 valence electrons. The molecule has 3 heterocycles. The molecule has 6 heteroatoms. The van der Waals surface area contributed by atoms with Crippen LogP contribution in [0.25, 0.3) is 22.7 Å². The lowest BCUT2D eigenvalue weighted by atomic mass is 10.0. The number of fused-ring (bicyclic) bond motifs is 1. The number of allylic oxidation sites excluding steroid dienone is 2. The first-order chi connectivity index (χ1) is 16.0. The van der Waals surface area contributed by atoms with Gasteiger partial charge in [-0.05, 0) is 83.2 Å². The third kappa shape index (κ3) is 10.6. The maximum Gasteiger partial charge on any atom is 0.103 e. The number of nitrogens with one attached hydrogen (secondary N) is 4. The standard InChI is InChI=1S/C17H18N4.C5H11N.C3H8.C2H7N.2H2/c1-4-5-15-17(21-12(3)20-15)8-11(2)13-6-7-14-16(9-13)19-10-18-14;1-2-4-6-5-3-1;2*1-3-2;;/h4,6-10H,1,5H2,2-3H3,(H,18,19)(H,20,21);6H,1-5H2;3H2,1-2H3;3H,1-2H3;2*1H/b11-8+;;;;;. The van der Waals surface area contributed by atoms with Crippen molar-refractivity contribution in [1.29, 1.82) is 0 Å². The van der Waals surface area contributed by atoms with E-state index < -0.39 is 0 Å². The van der Waals surface area contributed by atoms with Gasteiger partial charge >= 0.3 is 0 Å². The summed E-state index contributed by atoms with van der Waals surface area (Å²) in [6.45, 7) is 14.6. The number of hydrogen-bond donors (Lipinski definition) is 4. The van der Waals surface area contributed by atoms with E-state index in [4.69, 9.17) is 0 Å². The topological polar surface area (TPSA) is 81.4 Å². The summed E-state index contributed by atoms with van der Waals surface area (Å²) in [4.78, 5) is 15.2. The second kappa shape index (κ2) is 16.9. The highest BCUT2D eigenvalue weighted by Gasteiger charge is 2.06. The van der Waals surface area contributed by atoms with Crippen molar-refractivity contribution >= 4 is 22.7 Å². The van der Waals surface area contributed by atoms with Gasteiger partial charge in [-0.15, -0.1) is 6.58 Å². The van der Waals surface area contributed by atoms with Crippen LogP contribution in [-0.2, 0) is 6.42 Å². The lowest BCUT2D eigenvalue weighted by molar-refractivity contribution is 0.520. The van der Waals surface area contributed by atoms with Gasteiger partial charge in [0.1, 0.15) is 5.82 Å². The number of piperidine rings is 1. The van der Waals surface area contributed by atoms with Gasteiger partial charge in [0.15, 0.2) is 0 Å². The summed E-state index contributed by atoms with van der Waals surface area (Å²) in [6, 6.07) is 6.22. The average molecular weight is 457 g/mol. The SMILES string of the molecule is C1CCNCC1.C=CCc1[nH]c(C)nc1/C=C(\C)c1ccc2nc[nH]c2c1.CCC.CNC.[HH].[HH]. The van der Waals surface area contributed by atoms with Crippen LogP contribution in [-0.4, -0.2) is 47.1 Å². The van der Waals surface area contributed by atoms with Gasteiger partial charge in [0.2, 0.25) is 0 Å². The lowest BCUT2D eigenvalue weighted by Crippen LogP contribution is -2.21. The number of H-pyrrole nitrogens is 2. The summed E-state index contributed by atoms with van der Waals surface area (Å²) in [5, 5.41) is 6.03. The number of nitrogens with zero attached hydrogens (tertiary/aromatic N) is 2. The summed E-state index contributed by atoms with van der Waals surface area (Å²) in [7, 11) is 3.75. The molecule has 4 N–H and O–H groups in total. The number of aromatic nitrogens is 4. The number of imidazole rings is 2. The first-order valence-electron chi connectivity index (χ1n) is 12.1. The predicted octanol–water partition coefficient (Wildman–Crippen LogP) is 6.39. The van der Waals surface area contributed by atoms with Crippen LogP contribution in [0.5, 0.6) is 0 Å². The lowest BCUT2D eigenvalue weighted by Gasteiger charge is -2.08. The molecule has 0 aliphatic carbocycles. The van der Waals surface area contributed by atoms with Gasteiger partial charge < -0.3 is 20.6 Å². The molecule has 0 saturated carbocycles. The van der Waals surface area contributed by atoms with E-state index in [9.17, 15) is 0 Å². The number of hydrogen-bond acceptors (Lipinski definition) is 4. The molecular formula is C27H48N6. The molecule has 3 aromatic rings. The van der Waals surface area contributed by atoms with Crippen molar-refractivity contribution in [3.8, 4) is 0 Å². The Morgan fingerprint density at radius 2 is 1.85 bits per heavy atom. The van der Waals surface area contributed by atoms with Crippen molar-refractivity contribution < 1.29 is 2.85 Å². The Hall–Kier alpha value is -2.70. The average Bonchev–Trinajstić information content (AvgIpc) is 3.42. The van der Waals surface area contributed by atoms with Crippen molar-refractivity contribution in [2.24, 2.45) is 0 Å².